The lowest BCUT2D eigenvalue weighted by molar-refractivity contribution is -0.437. The highest BCUT2D eigenvalue weighted by atomic mass is 79.9. The molecule has 0 saturated heterocycles. The van der Waals surface area contributed by atoms with Crippen LogP contribution in [0, 0.1) is 0 Å². The fourth-order valence-electron chi connectivity index (χ4n) is 8.88. The van der Waals surface area contributed by atoms with Crippen LogP contribution in [0.3, 0.4) is 0 Å². The van der Waals surface area contributed by atoms with Gasteiger partial charge in [0.1, 0.15) is 11.5 Å². The summed E-state index contributed by atoms with van der Waals surface area (Å²) >= 11 is 4.87. The van der Waals surface area contributed by atoms with Gasteiger partial charge < -0.3 is 26.6 Å². The Morgan fingerprint density at radius 2 is 1.62 bits per heavy atom. The summed E-state index contributed by atoms with van der Waals surface area (Å²) in [5.74, 6) is 1.44. The summed E-state index contributed by atoms with van der Waals surface area (Å²) in [6.07, 6.45) is 13.7. The number of anilines is 1. The van der Waals surface area contributed by atoms with E-state index >= 15 is 0 Å². The topological polar surface area (TPSA) is 82.2 Å². The average Bonchev–Trinajstić information content (AvgIpc) is 3.55. The van der Waals surface area contributed by atoms with Crippen molar-refractivity contribution in [2.75, 3.05) is 30.3 Å². The Morgan fingerprint density at radius 3 is 2.40 bits per heavy atom. The highest BCUT2D eigenvalue weighted by Gasteiger charge is 2.45. The normalized spacial score (nSPS) is 18.5. The molecule has 0 spiro atoms. The molecule has 7 rings (SSSR count). The molecule has 2 heterocycles. The first-order chi connectivity index (χ1) is 27.4. The van der Waals surface area contributed by atoms with Gasteiger partial charge in [-0.1, -0.05) is 80.6 Å². The Morgan fingerprint density at radius 1 is 0.879 bits per heavy atom. The maximum atomic E-state index is 11.5. The van der Waals surface area contributed by atoms with E-state index in [0.29, 0.717) is 25.9 Å². The molecule has 0 radical (unpaired) electrons. The third kappa shape index (κ3) is 9.07. The Balaban J connectivity index is 0.00000567. The minimum Gasteiger partial charge on any atom is -1.00 e. The Hall–Kier alpha value is -4.44. The van der Waals surface area contributed by atoms with Gasteiger partial charge in [0.25, 0.3) is 10.1 Å². The second kappa shape index (κ2) is 18.2. The lowest BCUT2D eigenvalue weighted by Crippen LogP contribution is -3.00. The van der Waals surface area contributed by atoms with Gasteiger partial charge in [-0.05, 0) is 122 Å². The molecule has 302 valence electrons. The van der Waals surface area contributed by atoms with Gasteiger partial charge in [-0.2, -0.15) is 13.0 Å². The van der Waals surface area contributed by atoms with Crippen LogP contribution in [0.5, 0.6) is 5.75 Å². The fraction of sp³-hybridized carbons (Fsp3) is 0.333. The summed E-state index contributed by atoms with van der Waals surface area (Å²) in [6, 6.07) is 31.6. The summed E-state index contributed by atoms with van der Waals surface area (Å²) in [5.41, 5.74) is 9.07. The van der Waals surface area contributed by atoms with Crippen LogP contribution in [0.15, 0.2) is 143 Å². The average molecular weight is 879 g/mol. The Kier molecular flexibility index (Phi) is 13.6. The Labute approximate surface area is 359 Å². The van der Waals surface area contributed by atoms with Gasteiger partial charge in [0.2, 0.25) is 5.69 Å². The van der Waals surface area contributed by atoms with Crippen molar-refractivity contribution in [3.05, 3.63) is 149 Å². The SMILES string of the molecule is CC1(C)C(/C=C/C2=C(Oc3ccccc3)C(=C/C=C3/N(CCCCS(=O)(=O)O)c4ccccc4C3(C)C)/CCC2)=[N+](CCCN=C=S)c2ccc3ccccc3c21.[Br-]. The van der Waals surface area contributed by atoms with E-state index in [9.17, 15) is 13.0 Å². The highest BCUT2D eigenvalue weighted by molar-refractivity contribution is 7.85. The van der Waals surface area contributed by atoms with E-state index in [1.807, 2.05) is 30.3 Å². The molecule has 4 aromatic rings. The van der Waals surface area contributed by atoms with Crippen LogP contribution in [0.2, 0.25) is 0 Å². The number of halogens is 1. The molecule has 7 nitrogen and oxygen atoms in total. The number of nitrogens with zero attached hydrogens (tertiary/aromatic N) is 3. The van der Waals surface area contributed by atoms with Gasteiger partial charge >= 0.3 is 0 Å². The molecule has 0 amide bonds. The summed E-state index contributed by atoms with van der Waals surface area (Å²) in [5, 5.41) is 5.04. The molecule has 2 aliphatic heterocycles. The van der Waals surface area contributed by atoms with Crippen LogP contribution in [0.4, 0.5) is 11.4 Å². The number of rotatable bonds is 14. The van der Waals surface area contributed by atoms with Crippen molar-refractivity contribution in [3.63, 3.8) is 0 Å². The van der Waals surface area contributed by atoms with Crippen molar-refractivity contribution in [1.29, 1.82) is 0 Å². The number of allylic oxidation sites excluding steroid dienone is 7. The number of fused-ring (bicyclic) bond motifs is 4. The third-order valence-electron chi connectivity index (χ3n) is 11.6. The lowest BCUT2D eigenvalue weighted by Gasteiger charge is -2.27. The smallest absolute Gasteiger partial charge is 0.264 e. The zero-order valence-corrected chi connectivity index (χ0v) is 37.0. The molecule has 0 unspecified atom stereocenters. The van der Waals surface area contributed by atoms with Gasteiger partial charge in [-0.25, -0.2) is 4.99 Å². The molecule has 4 aromatic carbocycles. The van der Waals surface area contributed by atoms with Crippen molar-refractivity contribution < 1.29 is 39.3 Å². The highest BCUT2D eigenvalue weighted by Crippen LogP contribution is 2.48. The maximum Gasteiger partial charge on any atom is 0.264 e. The quantitative estimate of drug-likeness (QED) is 0.0454. The predicted octanol–water partition coefficient (Wildman–Crippen LogP) is 8.06. The molecule has 1 aliphatic carbocycles. The number of benzene rings is 4. The standard InChI is InChI=1S/C48H51N3O4S2.BrH/c1-47(2)40-22-10-11-23-41(40)50(31-12-13-33-57(52,53)54)43(47)28-25-36-17-14-18-37(46(36)55-38-19-6-5-7-20-38)26-29-44-48(3,4)45-39-21-9-8-16-35(39)24-27-42(45)51(44)32-15-30-49-34-56;/h5-11,16,19-29H,12-15,17-18,30-33H2,1-4H3;1H. The number of unbranched alkanes of at least 4 members (excludes halogenated alkanes) is 1. The van der Waals surface area contributed by atoms with Gasteiger partial charge in [-0.3, -0.25) is 4.55 Å². The predicted molar refractivity (Wildman–Crippen MR) is 237 cm³/mol. The molecular weight excluding hydrogens is 827 g/mol. The molecular formula is C48H52BrN3O4S2. The number of thiocarbonyl (C=S) groups is 1. The van der Waals surface area contributed by atoms with E-state index in [2.05, 4.69) is 132 Å². The fourth-order valence-corrected chi connectivity index (χ4v) is 9.54. The Bertz CT molecular complexity index is 2490. The van der Waals surface area contributed by atoms with Gasteiger partial charge in [0.15, 0.2) is 12.3 Å². The summed E-state index contributed by atoms with van der Waals surface area (Å²) in [4.78, 5) is 6.53. The summed E-state index contributed by atoms with van der Waals surface area (Å²) < 4.78 is 41.6. The minimum atomic E-state index is -4.01. The zero-order chi connectivity index (χ0) is 40.2. The van der Waals surface area contributed by atoms with E-state index in [1.54, 1.807) is 0 Å². The van der Waals surface area contributed by atoms with Crippen LogP contribution >= 0.6 is 12.2 Å². The summed E-state index contributed by atoms with van der Waals surface area (Å²) in [6.45, 7) is 11.2. The monoisotopic (exact) mass is 877 g/mol. The first kappa shape index (κ1) is 43.1. The molecule has 3 aliphatic rings. The number of hydrogen-bond acceptors (Lipinski definition) is 6. The molecule has 0 saturated carbocycles. The van der Waals surface area contributed by atoms with E-state index in [-0.39, 0.29) is 33.6 Å². The van der Waals surface area contributed by atoms with Crippen molar-refractivity contribution in [2.24, 2.45) is 4.99 Å². The lowest BCUT2D eigenvalue weighted by atomic mass is 9.78. The van der Waals surface area contributed by atoms with Crippen LogP contribution in [-0.4, -0.2) is 53.8 Å². The number of hydrogen-bond donors (Lipinski definition) is 1. The second-order valence-corrected chi connectivity index (χ2v) is 17.9. The zero-order valence-electron chi connectivity index (χ0n) is 33.7. The number of ether oxygens (including phenoxy) is 1. The molecule has 1 N–H and O–H groups in total. The van der Waals surface area contributed by atoms with E-state index in [1.165, 1.54) is 33.3 Å². The molecule has 10 heteroatoms. The second-order valence-electron chi connectivity index (χ2n) is 16.2. The van der Waals surface area contributed by atoms with Crippen LogP contribution in [0.25, 0.3) is 10.8 Å². The number of isothiocyanates is 1. The molecule has 0 bridgehead atoms. The van der Waals surface area contributed by atoms with Crippen molar-refractivity contribution in [3.8, 4) is 5.75 Å². The van der Waals surface area contributed by atoms with Crippen LogP contribution in [0.1, 0.15) is 77.3 Å². The molecule has 58 heavy (non-hydrogen) atoms. The van der Waals surface area contributed by atoms with Crippen molar-refractivity contribution in [2.45, 2.75) is 77.0 Å². The number of aliphatic imine (C=N–C) groups is 1. The first-order valence-corrected chi connectivity index (χ1v) is 22.0. The van der Waals surface area contributed by atoms with Crippen LogP contribution < -0.4 is 26.6 Å². The minimum absolute atomic E-state index is 0. The first-order valence-electron chi connectivity index (χ1n) is 20.0. The third-order valence-corrected chi connectivity index (χ3v) is 12.6. The van der Waals surface area contributed by atoms with E-state index in [4.69, 9.17) is 17.0 Å². The van der Waals surface area contributed by atoms with Crippen LogP contribution in [-0.2, 0) is 20.9 Å². The summed E-state index contributed by atoms with van der Waals surface area (Å²) in [7, 11) is -4.01. The van der Waals surface area contributed by atoms with E-state index < -0.39 is 10.1 Å². The van der Waals surface area contributed by atoms with Gasteiger partial charge in [0, 0.05) is 47.5 Å². The maximum absolute atomic E-state index is 11.5. The van der Waals surface area contributed by atoms with Crippen molar-refractivity contribution in [1.82, 2.24) is 0 Å². The number of para-hydroxylation sites is 2. The van der Waals surface area contributed by atoms with E-state index in [0.717, 1.165) is 66.3 Å². The van der Waals surface area contributed by atoms with Gasteiger partial charge in [0.05, 0.1) is 22.9 Å². The largest absolute Gasteiger partial charge is 1.00 e. The molecule has 0 fully saturated rings. The molecule has 0 atom stereocenters. The van der Waals surface area contributed by atoms with Crippen molar-refractivity contribution >= 4 is 55.4 Å². The molecule has 0 aromatic heterocycles. The van der Waals surface area contributed by atoms with Gasteiger partial charge in [-0.15, -0.1) is 0 Å².